The second-order valence-corrected chi connectivity index (χ2v) is 10.4. The quantitative estimate of drug-likeness (QED) is 0.349. The van der Waals surface area contributed by atoms with Crippen molar-refractivity contribution in [1.82, 2.24) is 25.1 Å². The summed E-state index contributed by atoms with van der Waals surface area (Å²) >= 11 is 1.44. The second-order valence-electron chi connectivity index (χ2n) is 9.68. The molecule has 0 radical (unpaired) electrons. The van der Waals surface area contributed by atoms with Crippen molar-refractivity contribution in [3.8, 4) is 22.6 Å². The summed E-state index contributed by atoms with van der Waals surface area (Å²) in [6, 6.07) is 9.69. The van der Waals surface area contributed by atoms with Gasteiger partial charge in [0.05, 0.1) is 23.4 Å². The van der Waals surface area contributed by atoms with E-state index in [9.17, 15) is 14.3 Å². The van der Waals surface area contributed by atoms with Crippen LogP contribution in [0, 0.1) is 12.7 Å². The van der Waals surface area contributed by atoms with Crippen molar-refractivity contribution in [2.45, 2.75) is 38.8 Å². The Morgan fingerprint density at radius 2 is 1.92 bits per heavy atom. The average Bonchev–Trinajstić information content (AvgIpc) is 3.46. The Hall–Kier alpha value is -3.47. The van der Waals surface area contributed by atoms with Crippen LogP contribution in [-0.2, 0) is 18.2 Å². The predicted molar refractivity (Wildman–Crippen MR) is 138 cm³/mol. The Morgan fingerprint density at radius 3 is 2.56 bits per heavy atom. The molecule has 0 aliphatic heterocycles. The van der Waals surface area contributed by atoms with E-state index in [2.05, 4.69) is 20.4 Å². The molecule has 4 rings (SSSR count). The van der Waals surface area contributed by atoms with Crippen molar-refractivity contribution >= 4 is 17.2 Å². The number of nitrogens with two attached hydrogens (primary N) is 1. The summed E-state index contributed by atoms with van der Waals surface area (Å²) in [6.45, 7) is 6.98. The zero-order valence-corrected chi connectivity index (χ0v) is 21.7. The third-order valence-electron chi connectivity index (χ3n) is 5.99. The molecular weight excluding hydrogens is 479 g/mol. The lowest BCUT2D eigenvalue weighted by Gasteiger charge is -2.27. The van der Waals surface area contributed by atoms with Crippen LogP contribution in [0.5, 0.6) is 0 Å². The molecule has 8 nitrogen and oxygen atoms in total. The van der Waals surface area contributed by atoms with Gasteiger partial charge < -0.3 is 16.2 Å². The molecule has 1 aromatic carbocycles. The van der Waals surface area contributed by atoms with E-state index in [1.54, 1.807) is 44.6 Å². The van der Waals surface area contributed by atoms with Crippen LogP contribution in [0.2, 0.25) is 0 Å². The van der Waals surface area contributed by atoms with E-state index in [0.29, 0.717) is 34.0 Å². The highest BCUT2D eigenvalue weighted by Gasteiger charge is 2.29. The summed E-state index contributed by atoms with van der Waals surface area (Å²) in [5.41, 5.74) is 10.5. The highest BCUT2D eigenvalue weighted by Crippen LogP contribution is 2.30. The highest BCUT2D eigenvalue weighted by atomic mass is 32.1. The fourth-order valence-electron chi connectivity index (χ4n) is 3.81. The van der Waals surface area contributed by atoms with E-state index < -0.39 is 17.0 Å². The molecule has 0 saturated carbocycles. The maximum atomic E-state index is 13.7. The number of rotatable bonds is 7. The van der Waals surface area contributed by atoms with Gasteiger partial charge in [-0.1, -0.05) is 0 Å². The molecule has 1 amide bonds. The molecule has 0 saturated heterocycles. The Labute approximate surface area is 213 Å². The lowest BCUT2D eigenvalue weighted by atomic mass is 9.90. The van der Waals surface area contributed by atoms with Gasteiger partial charge in [0, 0.05) is 23.5 Å². The number of thiazole rings is 1. The number of halogens is 1. The molecule has 4 aromatic rings. The molecule has 3 aromatic heterocycles. The van der Waals surface area contributed by atoms with Crippen molar-refractivity contribution in [3.05, 3.63) is 75.6 Å². The number of nitrogens with zero attached hydrogens (tertiary/aromatic N) is 4. The normalized spacial score (nSPS) is 13.4. The number of aromatic nitrogens is 4. The highest BCUT2D eigenvalue weighted by molar-refractivity contribution is 7.07. The van der Waals surface area contributed by atoms with Crippen LogP contribution in [0.25, 0.3) is 22.6 Å². The minimum absolute atomic E-state index is 0.105. The smallest absolute Gasteiger partial charge is 0.269 e. The fourth-order valence-corrected chi connectivity index (χ4v) is 4.35. The van der Waals surface area contributed by atoms with E-state index >= 15 is 0 Å². The SMILES string of the molecule is Cc1cc(F)ccc1-c1cc(C(C)(C)N)cc(C(C)(O)CNC(=O)c2cc(-c3cscn3)nn2C)n1. The first-order valence-corrected chi connectivity index (χ1v) is 12.3. The van der Waals surface area contributed by atoms with E-state index in [4.69, 9.17) is 5.73 Å². The maximum Gasteiger partial charge on any atom is 0.269 e. The van der Waals surface area contributed by atoms with Gasteiger partial charge in [-0.2, -0.15) is 5.10 Å². The van der Waals surface area contributed by atoms with Gasteiger partial charge in [-0.3, -0.25) is 9.48 Å². The summed E-state index contributed by atoms with van der Waals surface area (Å²) < 4.78 is 15.2. The Bertz CT molecular complexity index is 1410. The van der Waals surface area contributed by atoms with Crippen molar-refractivity contribution in [3.63, 3.8) is 0 Å². The number of benzene rings is 1. The lowest BCUT2D eigenvalue weighted by molar-refractivity contribution is 0.0486. The van der Waals surface area contributed by atoms with Crippen LogP contribution in [0.1, 0.15) is 48.1 Å². The number of pyridine rings is 1. The van der Waals surface area contributed by atoms with E-state index in [1.807, 2.05) is 25.3 Å². The Balaban J connectivity index is 1.62. The minimum atomic E-state index is -1.52. The third kappa shape index (κ3) is 5.35. The number of hydrogen-bond acceptors (Lipinski definition) is 7. The van der Waals surface area contributed by atoms with Gasteiger partial charge in [0.2, 0.25) is 0 Å². The molecule has 0 aliphatic rings. The number of hydrogen-bond donors (Lipinski definition) is 3. The first-order valence-electron chi connectivity index (χ1n) is 11.4. The molecule has 0 aliphatic carbocycles. The number of nitrogens with one attached hydrogen (secondary N) is 1. The fraction of sp³-hybridized carbons (Fsp3) is 0.308. The number of amides is 1. The molecule has 0 fully saturated rings. The number of carbonyl (C=O) groups is 1. The van der Waals surface area contributed by atoms with Gasteiger partial charge >= 0.3 is 0 Å². The second kappa shape index (κ2) is 9.53. The van der Waals surface area contributed by atoms with Crippen molar-refractivity contribution in [2.75, 3.05) is 6.54 Å². The van der Waals surface area contributed by atoms with Crippen molar-refractivity contribution in [1.29, 1.82) is 0 Å². The van der Waals surface area contributed by atoms with Crippen LogP contribution < -0.4 is 11.1 Å². The van der Waals surface area contributed by atoms with Gasteiger partial charge in [-0.15, -0.1) is 11.3 Å². The molecule has 0 bridgehead atoms. The molecule has 3 heterocycles. The zero-order chi connectivity index (χ0) is 26.3. The lowest BCUT2D eigenvalue weighted by Crippen LogP contribution is -2.40. The zero-order valence-electron chi connectivity index (χ0n) is 20.8. The summed E-state index contributed by atoms with van der Waals surface area (Å²) in [4.78, 5) is 21.9. The molecule has 1 unspecified atom stereocenters. The van der Waals surface area contributed by atoms with Gasteiger partial charge in [0.15, 0.2) is 0 Å². The molecule has 0 spiro atoms. The van der Waals surface area contributed by atoms with Gasteiger partial charge in [0.25, 0.3) is 5.91 Å². The van der Waals surface area contributed by atoms with Gasteiger partial charge in [-0.05, 0) is 75.2 Å². The average molecular weight is 509 g/mol. The standard InChI is InChI=1S/C26H29FN6O2S/c1-15-8-17(27)6-7-18(15)19-9-16(25(2,3)28)10-23(31-19)26(4,35)13-29-24(34)22-11-20(32-33(22)5)21-12-36-14-30-21/h6-12,14,35H,13,28H2,1-5H3,(H,29,34). The summed E-state index contributed by atoms with van der Waals surface area (Å²) in [7, 11) is 1.68. The van der Waals surface area contributed by atoms with E-state index in [1.165, 1.54) is 28.2 Å². The predicted octanol–water partition coefficient (Wildman–Crippen LogP) is 3.88. The van der Waals surface area contributed by atoms with Crippen LogP contribution >= 0.6 is 11.3 Å². The van der Waals surface area contributed by atoms with Gasteiger partial charge in [0.1, 0.15) is 28.5 Å². The minimum Gasteiger partial charge on any atom is -0.382 e. The molecular formula is C26H29FN6O2S. The summed E-state index contributed by atoms with van der Waals surface area (Å²) in [5.74, 6) is -0.730. The van der Waals surface area contributed by atoms with Crippen LogP contribution in [0.15, 0.2) is 47.3 Å². The van der Waals surface area contributed by atoms with Crippen molar-refractivity contribution < 1.29 is 14.3 Å². The topological polar surface area (TPSA) is 119 Å². The molecule has 36 heavy (non-hydrogen) atoms. The van der Waals surface area contributed by atoms with Crippen LogP contribution in [0.3, 0.4) is 0 Å². The summed E-state index contributed by atoms with van der Waals surface area (Å²) in [6.07, 6.45) is 0. The third-order valence-corrected chi connectivity index (χ3v) is 6.57. The van der Waals surface area contributed by atoms with E-state index in [0.717, 1.165) is 11.1 Å². The molecule has 1 atom stereocenters. The number of aryl methyl sites for hydroxylation is 2. The largest absolute Gasteiger partial charge is 0.382 e. The molecule has 4 N–H and O–H groups in total. The maximum absolute atomic E-state index is 13.7. The van der Waals surface area contributed by atoms with Gasteiger partial charge in [-0.25, -0.2) is 14.4 Å². The first kappa shape index (κ1) is 25.6. The number of aliphatic hydroxyl groups is 1. The van der Waals surface area contributed by atoms with Crippen LogP contribution in [-0.4, -0.2) is 37.3 Å². The Kier molecular flexibility index (Phi) is 6.78. The Morgan fingerprint density at radius 1 is 1.17 bits per heavy atom. The van der Waals surface area contributed by atoms with Crippen LogP contribution in [0.4, 0.5) is 4.39 Å². The van der Waals surface area contributed by atoms with Crippen molar-refractivity contribution in [2.24, 2.45) is 12.8 Å². The number of carbonyl (C=O) groups excluding carboxylic acids is 1. The monoisotopic (exact) mass is 508 g/mol. The molecule has 10 heteroatoms. The molecule has 188 valence electrons. The van der Waals surface area contributed by atoms with E-state index in [-0.39, 0.29) is 12.4 Å². The first-order chi connectivity index (χ1) is 16.8. The summed E-state index contributed by atoms with van der Waals surface area (Å²) in [5, 5.41) is 20.4.